The number of carbonyl (C=O) groups is 1. The molecule has 0 atom stereocenters. The van der Waals surface area contributed by atoms with E-state index in [9.17, 15) is 31.1 Å². The van der Waals surface area contributed by atoms with Gasteiger partial charge in [-0.05, 0) is 15.9 Å². The Morgan fingerprint density at radius 3 is 2.08 bits per heavy atom. The molecule has 1 aliphatic rings. The molecule has 150 valence electrons. The summed E-state index contributed by atoms with van der Waals surface area (Å²) in [6.45, 7) is 0.634. The van der Waals surface area contributed by atoms with Crippen molar-refractivity contribution in [3.63, 3.8) is 0 Å². The fourth-order valence-electron chi connectivity index (χ4n) is 2.14. The molecule has 13 heteroatoms. The summed E-state index contributed by atoms with van der Waals surface area (Å²) in [5, 5.41) is 0. The smallest absolute Gasteiger partial charge is 0.426 e. The predicted octanol–water partition coefficient (Wildman–Crippen LogP) is 2.50. The largest absolute Gasteiger partial charge is 0.434 e. The van der Waals surface area contributed by atoms with E-state index in [1.807, 2.05) is 4.90 Å². The van der Waals surface area contributed by atoms with E-state index in [2.05, 4.69) is 25.7 Å². The van der Waals surface area contributed by atoms with Crippen LogP contribution in [0.2, 0.25) is 0 Å². The first-order valence-electron chi connectivity index (χ1n) is 7.25. The number of ether oxygens (including phenoxy) is 1. The molecule has 0 aromatic carbocycles. The Balaban J connectivity index is 2.63. The molecule has 1 saturated heterocycles. The average molecular weight is 455 g/mol. The van der Waals surface area contributed by atoms with Gasteiger partial charge in [-0.3, -0.25) is 9.89 Å². The zero-order valence-corrected chi connectivity index (χ0v) is 15.2. The van der Waals surface area contributed by atoms with Gasteiger partial charge in [0.25, 0.3) is 6.10 Å². The van der Waals surface area contributed by atoms with Crippen molar-refractivity contribution >= 4 is 27.7 Å². The molecule has 0 aromatic heterocycles. The fourth-order valence-corrected chi connectivity index (χ4v) is 2.45. The third kappa shape index (κ3) is 6.34. The van der Waals surface area contributed by atoms with Crippen LogP contribution in [-0.4, -0.2) is 79.8 Å². The van der Waals surface area contributed by atoms with Crippen molar-refractivity contribution in [3.8, 4) is 0 Å². The van der Waals surface area contributed by atoms with Crippen molar-refractivity contribution < 1.29 is 35.9 Å². The number of piperazine rings is 1. The second-order valence-electron chi connectivity index (χ2n) is 5.30. The van der Waals surface area contributed by atoms with Crippen LogP contribution in [0.5, 0.6) is 0 Å². The summed E-state index contributed by atoms with van der Waals surface area (Å²) in [4.78, 5) is 18.3. The SMILES string of the molecule is CN=C(CN1CCN(C(=O)OC(C(F)(F)F)C(F)(F)F)CC1)C(Br)=CN. The summed E-state index contributed by atoms with van der Waals surface area (Å²) in [6, 6.07) is 0. The molecule has 0 saturated carbocycles. The van der Waals surface area contributed by atoms with Crippen molar-refractivity contribution in [3.05, 3.63) is 10.7 Å². The lowest BCUT2D eigenvalue weighted by Crippen LogP contribution is -2.53. The van der Waals surface area contributed by atoms with Crippen molar-refractivity contribution in [2.24, 2.45) is 10.7 Å². The zero-order valence-electron chi connectivity index (χ0n) is 13.6. The topological polar surface area (TPSA) is 71.2 Å². The van der Waals surface area contributed by atoms with Gasteiger partial charge in [0.05, 0.1) is 10.2 Å². The minimum Gasteiger partial charge on any atom is -0.426 e. The minimum absolute atomic E-state index is 0.0811. The monoisotopic (exact) mass is 454 g/mol. The molecule has 0 spiro atoms. The predicted molar refractivity (Wildman–Crippen MR) is 84.9 cm³/mol. The Bertz CT molecular complexity index is 542. The Morgan fingerprint density at radius 1 is 1.19 bits per heavy atom. The van der Waals surface area contributed by atoms with Crippen LogP contribution in [0.25, 0.3) is 0 Å². The summed E-state index contributed by atoms with van der Waals surface area (Å²) in [6.07, 6.45) is -16.0. The molecule has 0 bridgehead atoms. The van der Waals surface area contributed by atoms with Crippen molar-refractivity contribution in [1.82, 2.24) is 9.80 Å². The van der Waals surface area contributed by atoms with Crippen LogP contribution in [-0.2, 0) is 4.74 Å². The number of rotatable bonds is 4. The molecule has 1 aliphatic heterocycles. The Hall–Kier alpha value is -1.50. The number of hydrogen-bond donors (Lipinski definition) is 1. The van der Waals surface area contributed by atoms with Gasteiger partial charge in [0.15, 0.2) is 0 Å². The summed E-state index contributed by atoms with van der Waals surface area (Å²) < 4.78 is 78.9. The van der Waals surface area contributed by atoms with Crippen LogP contribution in [0.3, 0.4) is 0 Å². The number of carbonyl (C=O) groups excluding carboxylic acids is 1. The van der Waals surface area contributed by atoms with E-state index < -0.39 is 24.5 Å². The van der Waals surface area contributed by atoms with Gasteiger partial charge in [-0.2, -0.15) is 26.3 Å². The number of amides is 1. The highest BCUT2D eigenvalue weighted by atomic mass is 79.9. The average Bonchev–Trinajstić information content (AvgIpc) is 2.55. The van der Waals surface area contributed by atoms with Gasteiger partial charge >= 0.3 is 18.4 Å². The summed E-state index contributed by atoms with van der Waals surface area (Å²) >= 11 is 3.21. The minimum atomic E-state index is -5.73. The first-order chi connectivity index (χ1) is 11.9. The van der Waals surface area contributed by atoms with Gasteiger partial charge in [-0.25, -0.2) is 4.79 Å². The standard InChI is InChI=1S/C13H17BrF6N4O2/c1-22-9(8(14)6-21)7-23-2-4-24(5-3-23)11(25)26-10(12(15,16)17)13(18,19)20/h6,10H,2-5,7,21H2,1H3. The molecule has 2 N–H and O–H groups in total. The lowest BCUT2D eigenvalue weighted by molar-refractivity contribution is -0.308. The van der Waals surface area contributed by atoms with Gasteiger partial charge in [-0.1, -0.05) is 0 Å². The van der Waals surface area contributed by atoms with Gasteiger partial charge in [0.2, 0.25) is 0 Å². The maximum Gasteiger partial charge on any atom is 0.434 e. The van der Waals surface area contributed by atoms with E-state index in [1.54, 1.807) is 7.05 Å². The maximum absolute atomic E-state index is 12.4. The number of nitrogens with two attached hydrogens (primary N) is 1. The molecule has 1 heterocycles. The highest BCUT2D eigenvalue weighted by molar-refractivity contribution is 9.12. The molecule has 0 aliphatic carbocycles. The highest BCUT2D eigenvalue weighted by Crippen LogP contribution is 2.36. The first kappa shape index (κ1) is 22.5. The van der Waals surface area contributed by atoms with E-state index in [4.69, 9.17) is 5.73 Å². The molecule has 6 nitrogen and oxygen atoms in total. The molecule has 0 aromatic rings. The van der Waals surface area contributed by atoms with E-state index in [-0.39, 0.29) is 26.2 Å². The number of aliphatic imine (C=N–C) groups is 1. The van der Waals surface area contributed by atoms with Gasteiger partial charge < -0.3 is 15.4 Å². The van der Waals surface area contributed by atoms with Crippen molar-refractivity contribution in [2.45, 2.75) is 18.5 Å². The molecule has 26 heavy (non-hydrogen) atoms. The summed E-state index contributed by atoms with van der Waals surface area (Å²) in [5.74, 6) is 0. The van der Waals surface area contributed by atoms with Crippen molar-refractivity contribution in [1.29, 1.82) is 0 Å². The van der Waals surface area contributed by atoms with E-state index >= 15 is 0 Å². The van der Waals surface area contributed by atoms with Crippen LogP contribution < -0.4 is 5.73 Å². The molecule has 1 fully saturated rings. The molecular formula is C13H17BrF6N4O2. The van der Waals surface area contributed by atoms with Crippen LogP contribution in [0, 0.1) is 0 Å². The normalized spacial score (nSPS) is 18.4. The van der Waals surface area contributed by atoms with Gasteiger partial charge in [-0.15, -0.1) is 0 Å². The second kappa shape index (κ2) is 8.93. The Labute approximate surface area is 153 Å². The summed E-state index contributed by atoms with van der Waals surface area (Å²) in [7, 11) is 1.54. The van der Waals surface area contributed by atoms with Crippen molar-refractivity contribution in [2.75, 3.05) is 39.8 Å². The summed E-state index contributed by atoms with van der Waals surface area (Å²) in [5.41, 5.74) is 5.98. The van der Waals surface area contributed by atoms with Crippen LogP contribution >= 0.6 is 15.9 Å². The lowest BCUT2D eigenvalue weighted by Gasteiger charge is -2.35. The zero-order chi connectivity index (χ0) is 20.1. The van der Waals surface area contributed by atoms with E-state index in [0.29, 0.717) is 16.7 Å². The number of alkyl halides is 6. The highest BCUT2D eigenvalue weighted by Gasteiger charge is 2.60. The third-order valence-corrected chi connectivity index (χ3v) is 4.23. The quantitative estimate of drug-likeness (QED) is 0.523. The molecule has 1 rings (SSSR count). The first-order valence-corrected chi connectivity index (χ1v) is 8.04. The lowest BCUT2D eigenvalue weighted by atomic mass is 10.2. The molecule has 1 amide bonds. The van der Waals surface area contributed by atoms with Crippen LogP contribution in [0.4, 0.5) is 31.1 Å². The molecule has 0 radical (unpaired) electrons. The van der Waals surface area contributed by atoms with Crippen LogP contribution in [0.1, 0.15) is 0 Å². The van der Waals surface area contributed by atoms with Gasteiger partial charge in [0, 0.05) is 46.0 Å². The third-order valence-electron chi connectivity index (χ3n) is 3.51. The molecular weight excluding hydrogens is 438 g/mol. The van der Waals surface area contributed by atoms with Gasteiger partial charge in [0.1, 0.15) is 0 Å². The Kier molecular flexibility index (Phi) is 7.74. The van der Waals surface area contributed by atoms with Crippen LogP contribution in [0.15, 0.2) is 15.7 Å². The molecule has 0 unspecified atom stereocenters. The van der Waals surface area contributed by atoms with E-state index in [0.717, 1.165) is 4.90 Å². The Morgan fingerprint density at radius 2 is 1.69 bits per heavy atom. The number of hydrogen-bond acceptors (Lipinski definition) is 5. The maximum atomic E-state index is 12.4. The number of nitrogens with zero attached hydrogens (tertiary/aromatic N) is 3. The second-order valence-corrected chi connectivity index (χ2v) is 6.15. The number of halogens is 7. The van der Waals surface area contributed by atoms with E-state index in [1.165, 1.54) is 6.20 Å². The fraction of sp³-hybridized carbons (Fsp3) is 0.692.